The van der Waals surface area contributed by atoms with Gasteiger partial charge in [-0.25, -0.2) is 12.4 Å². The first-order valence-electron chi connectivity index (χ1n) is 8.68. The summed E-state index contributed by atoms with van der Waals surface area (Å²) in [5.74, 6) is 0. The highest BCUT2D eigenvalue weighted by atomic mass is 35.5. The van der Waals surface area contributed by atoms with Crippen LogP contribution >= 0.6 is 11.6 Å². The molecule has 0 aliphatic heterocycles. The summed E-state index contributed by atoms with van der Waals surface area (Å²) in [5.41, 5.74) is 2.80. The van der Waals surface area contributed by atoms with E-state index in [2.05, 4.69) is 19.0 Å². The Bertz CT molecular complexity index is 1090. The fourth-order valence-electron chi connectivity index (χ4n) is 3.90. The molecule has 0 saturated carbocycles. The molecule has 1 atom stereocenters. The van der Waals surface area contributed by atoms with Gasteiger partial charge in [-0.05, 0) is 63.2 Å². The van der Waals surface area contributed by atoms with E-state index in [0.717, 1.165) is 41.4 Å². The Balaban J connectivity index is 1.97. The smallest absolute Gasteiger partial charge is 0.268 e. The third-order valence-electron chi connectivity index (χ3n) is 5.26. The van der Waals surface area contributed by atoms with Gasteiger partial charge in [-0.3, -0.25) is 0 Å². The largest absolute Gasteiger partial charge is 0.306 e. The average molecular weight is 389 g/mol. The van der Waals surface area contributed by atoms with Gasteiger partial charge in [0.2, 0.25) is 0 Å². The Kier molecular flexibility index (Phi) is 4.34. The first kappa shape index (κ1) is 17.6. The lowest BCUT2D eigenvalue weighted by molar-refractivity contribution is 0.267. The second kappa shape index (κ2) is 6.41. The number of para-hydroxylation sites is 1. The zero-order valence-corrected chi connectivity index (χ0v) is 16.4. The first-order valence-corrected chi connectivity index (χ1v) is 10.5. The maximum absolute atomic E-state index is 13.4. The molecule has 0 N–H and O–H groups in total. The molecule has 26 heavy (non-hydrogen) atoms. The van der Waals surface area contributed by atoms with Crippen LogP contribution in [0.4, 0.5) is 0 Å². The second-order valence-corrected chi connectivity index (χ2v) is 9.25. The van der Waals surface area contributed by atoms with Crippen molar-refractivity contribution < 1.29 is 8.42 Å². The molecule has 136 valence electrons. The molecule has 0 fully saturated rings. The Morgan fingerprint density at radius 3 is 2.62 bits per heavy atom. The van der Waals surface area contributed by atoms with Crippen LogP contribution in [0.15, 0.2) is 53.4 Å². The monoisotopic (exact) mass is 388 g/mol. The quantitative estimate of drug-likeness (QED) is 0.682. The average Bonchev–Trinajstić information content (AvgIpc) is 2.96. The van der Waals surface area contributed by atoms with Gasteiger partial charge in [-0.1, -0.05) is 35.9 Å². The summed E-state index contributed by atoms with van der Waals surface area (Å²) in [5, 5.41) is 1.45. The minimum atomic E-state index is -3.71. The van der Waals surface area contributed by atoms with Crippen LogP contribution in [0.25, 0.3) is 10.9 Å². The highest BCUT2D eigenvalue weighted by Gasteiger charge is 2.31. The number of likely N-dealkylation sites (N-methyl/N-ethyl adjacent to an activating group) is 1. The molecule has 1 aliphatic rings. The van der Waals surface area contributed by atoms with Gasteiger partial charge in [-0.2, -0.15) is 0 Å². The van der Waals surface area contributed by atoms with Gasteiger partial charge < -0.3 is 4.90 Å². The van der Waals surface area contributed by atoms with Crippen LogP contribution in [-0.2, 0) is 22.9 Å². The fourth-order valence-corrected chi connectivity index (χ4v) is 5.80. The number of hydrogen-bond donors (Lipinski definition) is 0. The van der Waals surface area contributed by atoms with Crippen LogP contribution in [0, 0.1) is 0 Å². The van der Waals surface area contributed by atoms with Crippen LogP contribution in [-0.4, -0.2) is 37.4 Å². The molecule has 4 rings (SSSR count). The summed E-state index contributed by atoms with van der Waals surface area (Å²) in [7, 11) is 0.457. The molecule has 2 aromatic carbocycles. The minimum Gasteiger partial charge on any atom is -0.306 e. The van der Waals surface area contributed by atoms with Crippen molar-refractivity contribution in [1.82, 2.24) is 8.87 Å². The zero-order valence-electron chi connectivity index (χ0n) is 14.8. The third-order valence-corrected chi connectivity index (χ3v) is 7.24. The van der Waals surface area contributed by atoms with Crippen LogP contribution in [0.1, 0.15) is 17.7 Å². The van der Waals surface area contributed by atoms with Gasteiger partial charge in [-0.15, -0.1) is 0 Å². The van der Waals surface area contributed by atoms with Gasteiger partial charge in [0.25, 0.3) is 10.0 Å². The van der Waals surface area contributed by atoms with E-state index < -0.39 is 10.0 Å². The maximum atomic E-state index is 13.4. The number of halogens is 1. The normalized spacial score (nSPS) is 17.6. The molecule has 1 aliphatic carbocycles. The van der Waals surface area contributed by atoms with Gasteiger partial charge in [0.1, 0.15) is 0 Å². The third kappa shape index (κ3) is 2.75. The molecule has 1 aromatic heterocycles. The van der Waals surface area contributed by atoms with Crippen molar-refractivity contribution in [2.75, 3.05) is 14.1 Å². The Morgan fingerprint density at radius 1 is 1.12 bits per heavy atom. The van der Waals surface area contributed by atoms with Gasteiger partial charge in [0.05, 0.1) is 10.4 Å². The number of aromatic nitrogens is 1. The summed E-state index contributed by atoms with van der Waals surface area (Å²) in [4.78, 5) is 2.45. The van der Waals surface area contributed by atoms with E-state index in [1.165, 1.54) is 10.0 Å². The van der Waals surface area contributed by atoms with E-state index in [4.69, 9.17) is 11.6 Å². The molecule has 4 nitrogen and oxygen atoms in total. The van der Waals surface area contributed by atoms with Crippen LogP contribution < -0.4 is 0 Å². The van der Waals surface area contributed by atoms with E-state index in [-0.39, 0.29) is 4.90 Å². The van der Waals surface area contributed by atoms with Gasteiger partial charge >= 0.3 is 0 Å². The molecular weight excluding hydrogens is 368 g/mol. The summed E-state index contributed by atoms with van der Waals surface area (Å²) < 4.78 is 28.4. The van der Waals surface area contributed by atoms with Crippen molar-refractivity contribution in [3.8, 4) is 0 Å². The van der Waals surface area contributed by atoms with E-state index in [9.17, 15) is 8.42 Å². The Hall–Kier alpha value is -1.82. The van der Waals surface area contributed by atoms with Crippen molar-refractivity contribution in [1.29, 1.82) is 0 Å². The number of hydrogen-bond acceptors (Lipinski definition) is 3. The standard InChI is InChI=1S/C20H21ClN2O2S/c1-22(2)15-10-11-20-18(13-15)17-8-3-4-9-19(17)23(20)26(24,25)16-7-5-6-14(21)12-16/h3-9,12,15H,10-11,13H2,1-2H3. The molecule has 0 amide bonds. The lowest BCUT2D eigenvalue weighted by Gasteiger charge is -2.29. The number of benzene rings is 2. The predicted molar refractivity (Wildman–Crippen MR) is 105 cm³/mol. The van der Waals surface area contributed by atoms with Crippen molar-refractivity contribution >= 4 is 32.5 Å². The minimum absolute atomic E-state index is 0.225. The van der Waals surface area contributed by atoms with E-state index >= 15 is 0 Å². The molecule has 3 aromatic rings. The summed E-state index contributed by atoms with van der Waals surface area (Å²) >= 11 is 6.05. The zero-order chi connectivity index (χ0) is 18.5. The number of nitrogens with zero attached hydrogens (tertiary/aromatic N) is 2. The fraction of sp³-hybridized carbons (Fsp3) is 0.300. The van der Waals surface area contributed by atoms with Crippen molar-refractivity contribution in [2.45, 2.75) is 30.2 Å². The van der Waals surface area contributed by atoms with Crippen LogP contribution in [0.5, 0.6) is 0 Å². The number of rotatable bonds is 3. The van der Waals surface area contributed by atoms with Gasteiger partial charge in [0, 0.05) is 22.1 Å². The van der Waals surface area contributed by atoms with Crippen molar-refractivity contribution in [3.63, 3.8) is 0 Å². The second-order valence-electron chi connectivity index (χ2n) is 7.03. The Labute approximate surface area is 159 Å². The highest BCUT2D eigenvalue weighted by molar-refractivity contribution is 7.90. The number of fused-ring (bicyclic) bond motifs is 3. The maximum Gasteiger partial charge on any atom is 0.268 e. The molecule has 0 saturated heterocycles. The van der Waals surface area contributed by atoms with E-state index in [1.54, 1.807) is 18.2 Å². The molecule has 1 heterocycles. The van der Waals surface area contributed by atoms with Crippen molar-refractivity contribution in [2.24, 2.45) is 0 Å². The topological polar surface area (TPSA) is 42.3 Å². The highest BCUT2D eigenvalue weighted by Crippen LogP contribution is 2.36. The lowest BCUT2D eigenvalue weighted by atomic mass is 9.91. The summed E-state index contributed by atoms with van der Waals surface area (Å²) in [6, 6.07) is 14.7. The van der Waals surface area contributed by atoms with E-state index in [0.29, 0.717) is 11.1 Å². The van der Waals surface area contributed by atoms with Crippen LogP contribution in [0.2, 0.25) is 5.02 Å². The molecule has 0 radical (unpaired) electrons. The summed E-state index contributed by atoms with van der Waals surface area (Å²) in [6.45, 7) is 0. The van der Waals surface area contributed by atoms with Crippen LogP contribution in [0.3, 0.4) is 0 Å². The van der Waals surface area contributed by atoms with Crippen molar-refractivity contribution in [3.05, 3.63) is 64.8 Å². The lowest BCUT2D eigenvalue weighted by Crippen LogP contribution is -2.34. The first-order chi connectivity index (χ1) is 12.4. The predicted octanol–water partition coefficient (Wildman–Crippen LogP) is 3.95. The summed E-state index contributed by atoms with van der Waals surface area (Å²) in [6.07, 6.45) is 2.55. The molecule has 6 heteroatoms. The molecule has 0 spiro atoms. The molecular formula is C20H21ClN2O2S. The molecule has 0 bridgehead atoms. The SMILES string of the molecule is CN(C)C1CCc2c(c3ccccc3n2S(=O)(=O)c2cccc(Cl)c2)C1. The Morgan fingerprint density at radius 2 is 1.88 bits per heavy atom. The van der Waals surface area contributed by atoms with E-state index in [1.807, 2.05) is 24.3 Å². The van der Waals surface area contributed by atoms with Gasteiger partial charge in [0.15, 0.2) is 0 Å². The molecule has 1 unspecified atom stereocenters.